The van der Waals surface area contributed by atoms with Crippen molar-refractivity contribution in [1.82, 2.24) is 19.7 Å². The van der Waals surface area contributed by atoms with E-state index in [-0.39, 0.29) is 0 Å². The van der Waals surface area contributed by atoms with Crippen molar-refractivity contribution in [1.29, 1.82) is 0 Å². The molecule has 1 aromatic carbocycles. The Morgan fingerprint density at radius 1 is 0.963 bits per heavy atom. The van der Waals surface area contributed by atoms with Gasteiger partial charge in [-0.15, -0.1) is 21.5 Å². The highest BCUT2D eigenvalue weighted by atomic mass is 35.5. The van der Waals surface area contributed by atoms with Crippen molar-refractivity contribution in [2.45, 2.75) is 25.9 Å². The molecule has 5 nitrogen and oxygen atoms in total. The van der Waals surface area contributed by atoms with E-state index >= 15 is 0 Å². The normalized spacial score (nSPS) is 17.4. The van der Waals surface area contributed by atoms with Gasteiger partial charge in [-0.1, -0.05) is 11.6 Å². The van der Waals surface area contributed by atoms with E-state index in [9.17, 15) is 0 Å². The fraction of sp³-hybridized carbons (Fsp3) is 0.400. The van der Waals surface area contributed by atoms with Gasteiger partial charge in [0.05, 0.1) is 6.54 Å². The van der Waals surface area contributed by atoms with Gasteiger partial charge in [-0.05, 0) is 48.6 Å². The zero-order chi connectivity index (χ0) is 18.2. The molecule has 2 aromatic heterocycles. The van der Waals surface area contributed by atoms with Crippen LogP contribution in [-0.2, 0) is 19.5 Å². The molecule has 5 rings (SSSR count). The average molecular weight is 400 g/mol. The average Bonchev–Trinajstić information content (AvgIpc) is 3.27. The summed E-state index contributed by atoms with van der Waals surface area (Å²) in [5, 5.41) is 12.0. The van der Waals surface area contributed by atoms with Crippen molar-refractivity contribution in [3.05, 3.63) is 51.4 Å². The number of aromatic nitrogens is 3. The van der Waals surface area contributed by atoms with Gasteiger partial charge in [0.1, 0.15) is 5.82 Å². The molecule has 0 amide bonds. The van der Waals surface area contributed by atoms with Crippen LogP contribution in [0.1, 0.15) is 17.1 Å². The molecule has 7 heteroatoms. The third-order valence-electron chi connectivity index (χ3n) is 5.53. The summed E-state index contributed by atoms with van der Waals surface area (Å²) in [5.41, 5.74) is 2.53. The molecule has 3 aromatic rings. The molecule has 0 aliphatic carbocycles. The zero-order valence-electron chi connectivity index (χ0n) is 15.1. The van der Waals surface area contributed by atoms with Crippen molar-refractivity contribution < 1.29 is 0 Å². The minimum Gasteiger partial charge on any atom is -0.369 e. The number of nitrogens with zero attached hydrogens (tertiary/aromatic N) is 5. The number of piperazine rings is 1. The second-order valence-corrected chi connectivity index (χ2v) is 8.63. The molecule has 2 aliphatic heterocycles. The van der Waals surface area contributed by atoms with Crippen molar-refractivity contribution in [3.63, 3.8) is 0 Å². The Morgan fingerprint density at radius 2 is 1.78 bits per heavy atom. The maximum Gasteiger partial charge on any atom is 0.165 e. The first-order chi connectivity index (χ1) is 13.3. The molecule has 0 radical (unpaired) electrons. The summed E-state index contributed by atoms with van der Waals surface area (Å²) < 4.78 is 2.34. The molecule has 0 bridgehead atoms. The highest BCUT2D eigenvalue weighted by Crippen LogP contribution is 2.32. The molecule has 0 atom stereocenters. The van der Waals surface area contributed by atoms with E-state index in [0.29, 0.717) is 0 Å². The van der Waals surface area contributed by atoms with E-state index in [1.54, 1.807) is 0 Å². The number of hydrogen-bond donors (Lipinski definition) is 0. The molecule has 2 aliphatic rings. The Hall–Kier alpha value is -1.89. The smallest absolute Gasteiger partial charge is 0.165 e. The summed E-state index contributed by atoms with van der Waals surface area (Å²) in [6.07, 6.45) is 2.31. The number of anilines is 1. The first-order valence-corrected chi connectivity index (χ1v) is 10.8. The molecule has 1 saturated heterocycles. The van der Waals surface area contributed by atoms with E-state index in [2.05, 4.69) is 48.1 Å². The van der Waals surface area contributed by atoms with E-state index < -0.39 is 0 Å². The van der Waals surface area contributed by atoms with E-state index in [0.717, 1.165) is 68.8 Å². The lowest BCUT2D eigenvalue weighted by atomic mass is 10.2. The fourth-order valence-electron chi connectivity index (χ4n) is 4.03. The predicted octanol–water partition coefficient (Wildman–Crippen LogP) is 3.93. The van der Waals surface area contributed by atoms with E-state index in [4.69, 9.17) is 11.6 Å². The van der Waals surface area contributed by atoms with Crippen LogP contribution in [0.25, 0.3) is 11.4 Å². The van der Waals surface area contributed by atoms with Gasteiger partial charge in [0, 0.05) is 53.9 Å². The predicted molar refractivity (Wildman–Crippen MR) is 111 cm³/mol. The second-order valence-electron chi connectivity index (χ2n) is 7.19. The monoisotopic (exact) mass is 399 g/mol. The molecule has 1 fully saturated rings. The van der Waals surface area contributed by atoms with Gasteiger partial charge < -0.3 is 9.47 Å². The summed E-state index contributed by atoms with van der Waals surface area (Å²) in [4.78, 5) is 6.36. The lowest BCUT2D eigenvalue weighted by Gasteiger charge is -2.35. The fourth-order valence-corrected chi connectivity index (χ4v) is 5.08. The number of aryl methyl sites for hydroxylation is 1. The molecule has 0 saturated carbocycles. The van der Waals surface area contributed by atoms with Gasteiger partial charge in [0.15, 0.2) is 5.82 Å². The van der Waals surface area contributed by atoms with Crippen LogP contribution in [0.15, 0.2) is 35.7 Å². The van der Waals surface area contributed by atoms with E-state index in [1.807, 2.05) is 23.5 Å². The SMILES string of the molecule is Clc1ccc(N2CCN(Cc3nnc4n3CCCc3sccc3-4)CC2)cc1. The highest BCUT2D eigenvalue weighted by molar-refractivity contribution is 7.10. The molecular weight excluding hydrogens is 378 g/mol. The highest BCUT2D eigenvalue weighted by Gasteiger charge is 2.23. The Morgan fingerprint density at radius 3 is 2.59 bits per heavy atom. The maximum atomic E-state index is 6.01. The standard InChI is InChI=1S/C20H22ClN5S/c21-15-3-5-16(6-4-15)25-11-9-24(10-12-25)14-19-22-23-20-17-7-13-27-18(17)2-1-8-26(19)20/h3-7,13H,1-2,8-12,14H2. The van der Waals surface area contributed by atoms with Crippen LogP contribution in [-0.4, -0.2) is 45.8 Å². The Balaban J connectivity index is 1.27. The summed E-state index contributed by atoms with van der Waals surface area (Å²) in [5.74, 6) is 2.16. The van der Waals surface area contributed by atoms with Crippen LogP contribution in [0.5, 0.6) is 0 Å². The van der Waals surface area contributed by atoms with Crippen molar-refractivity contribution in [2.24, 2.45) is 0 Å². The third kappa shape index (κ3) is 3.37. The van der Waals surface area contributed by atoms with Crippen LogP contribution >= 0.6 is 22.9 Å². The zero-order valence-corrected chi connectivity index (χ0v) is 16.7. The van der Waals surface area contributed by atoms with Crippen LogP contribution in [0.2, 0.25) is 5.02 Å². The van der Waals surface area contributed by atoms with Gasteiger partial charge in [-0.25, -0.2) is 0 Å². The Labute approximate surface area is 168 Å². The third-order valence-corrected chi connectivity index (χ3v) is 6.76. The molecule has 140 valence electrons. The van der Waals surface area contributed by atoms with Gasteiger partial charge >= 0.3 is 0 Å². The van der Waals surface area contributed by atoms with Crippen molar-refractivity contribution in [2.75, 3.05) is 31.1 Å². The Kier molecular flexibility index (Phi) is 4.63. The van der Waals surface area contributed by atoms with Gasteiger partial charge in [-0.2, -0.15) is 0 Å². The molecular formula is C20H22ClN5S. The Bertz CT molecular complexity index is 924. The molecule has 0 N–H and O–H groups in total. The minimum atomic E-state index is 0.790. The van der Waals surface area contributed by atoms with Gasteiger partial charge in [0.2, 0.25) is 0 Å². The van der Waals surface area contributed by atoms with Gasteiger partial charge in [0.25, 0.3) is 0 Å². The molecule has 0 spiro atoms. The van der Waals surface area contributed by atoms with Crippen molar-refractivity contribution in [3.8, 4) is 11.4 Å². The minimum absolute atomic E-state index is 0.790. The number of benzene rings is 1. The maximum absolute atomic E-state index is 6.01. The molecule has 0 unspecified atom stereocenters. The summed E-state index contributed by atoms with van der Waals surface area (Å²) in [6.45, 7) is 6.02. The molecule has 4 heterocycles. The summed E-state index contributed by atoms with van der Waals surface area (Å²) in [6, 6.07) is 10.3. The number of rotatable bonds is 3. The number of halogens is 1. The quantitative estimate of drug-likeness (QED) is 0.668. The largest absolute Gasteiger partial charge is 0.369 e. The number of hydrogen-bond acceptors (Lipinski definition) is 5. The molecule has 27 heavy (non-hydrogen) atoms. The van der Waals surface area contributed by atoms with Crippen LogP contribution in [0.4, 0.5) is 5.69 Å². The van der Waals surface area contributed by atoms with Crippen LogP contribution in [0.3, 0.4) is 0 Å². The first-order valence-electron chi connectivity index (χ1n) is 9.49. The van der Waals surface area contributed by atoms with Gasteiger partial charge in [-0.3, -0.25) is 4.90 Å². The second kappa shape index (κ2) is 7.26. The summed E-state index contributed by atoms with van der Waals surface area (Å²) in [7, 11) is 0. The number of fused-ring (bicyclic) bond motifs is 3. The lowest BCUT2D eigenvalue weighted by Crippen LogP contribution is -2.46. The lowest BCUT2D eigenvalue weighted by molar-refractivity contribution is 0.240. The van der Waals surface area contributed by atoms with Crippen LogP contribution in [0, 0.1) is 0 Å². The van der Waals surface area contributed by atoms with E-state index in [1.165, 1.54) is 16.1 Å². The van der Waals surface area contributed by atoms with Crippen molar-refractivity contribution >= 4 is 28.6 Å². The van der Waals surface area contributed by atoms with Crippen LogP contribution < -0.4 is 4.90 Å². The first kappa shape index (κ1) is 17.2. The summed E-state index contributed by atoms with van der Waals surface area (Å²) >= 11 is 7.85. The number of thiophene rings is 1. The topological polar surface area (TPSA) is 37.2 Å².